The van der Waals surface area contributed by atoms with Crippen molar-refractivity contribution in [1.29, 1.82) is 0 Å². The summed E-state index contributed by atoms with van der Waals surface area (Å²) in [6.07, 6.45) is 0.911. The van der Waals surface area contributed by atoms with Crippen LogP contribution in [0.25, 0.3) is 0 Å². The normalized spacial score (nSPS) is 14.6. The van der Waals surface area contributed by atoms with Crippen LogP contribution in [0.4, 0.5) is 16.0 Å². The van der Waals surface area contributed by atoms with Crippen molar-refractivity contribution in [1.82, 2.24) is 14.8 Å². The summed E-state index contributed by atoms with van der Waals surface area (Å²) in [6, 6.07) is 21.6. The monoisotopic (exact) mass is 529 g/mol. The zero-order valence-corrected chi connectivity index (χ0v) is 22.2. The Morgan fingerprint density at radius 2 is 1.84 bits per heavy atom. The first kappa shape index (κ1) is 25.5. The maximum atomic E-state index is 14.2. The fourth-order valence-electron chi connectivity index (χ4n) is 4.43. The number of hydrogen-bond acceptors (Lipinski definition) is 6. The van der Waals surface area contributed by atoms with Crippen LogP contribution in [-0.4, -0.2) is 27.8 Å². The predicted octanol–water partition coefficient (Wildman–Crippen LogP) is 6.21. The fourth-order valence-corrected chi connectivity index (χ4v) is 5.24. The quantitative estimate of drug-likeness (QED) is 0.264. The second-order valence-corrected chi connectivity index (χ2v) is 9.80. The molecule has 38 heavy (non-hydrogen) atoms. The molecule has 0 fully saturated rings. The molecule has 1 atom stereocenters. The van der Waals surface area contributed by atoms with Crippen molar-refractivity contribution < 1.29 is 13.9 Å². The number of carbonyl (C=O) groups excluding carboxylic acids is 1. The molecule has 5 rings (SSSR count). The lowest BCUT2D eigenvalue weighted by molar-refractivity contribution is -0.113. The van der Waals surface area contributed by atoms with Crippen LogP contribution in [0, 0.1) is 5.82 Å². The van der Waals surface area contributed by atoms with Crippen LogP contribution in [0.15, 0.2) is 89.2 Å². The van der Waals surface area contributed by atoms with Gasteiger partial charge in [-0.2, -0.15) is 4.98 Å². The van der Waals surface area contributed by atoms with E-state index in [9.17, 15) is 9.18 Å². The van der Waals surface area contributed by atoms with Crippen LogP contribution in [0.2, 0.25) is 0 Å². The average molecular weight is 530 g/mol. The SMILES string of the molecule is CCc1ccc(C2C(C(=O)Nc3ccccc3OC)=C(C)Nc3nc(SCc4ccccc4F)nn32)cc1. The Kier molecular flexibility index (Phi) is 7.46. The van der Waals surface area contributed by atoms with Crippen LogP contribution in [-0.2, 0) is 17.0 Å². The number of ether oxygens (including phenoxy) is 1. The molecular weight excluding hydrogens is 501 g/mol. The molecule has 1 aromatic heterocycles. The molecule has 2 heterocycles. The smallest absolute Gasteiger partial charge is 0.255 e. The Bertz CT molecular complexity index is 1500. The molecule has 1 unspecified atom stereocenters. The molecule has 194 valence electrons. The summed E-state index contributed by atoms with van der Waals surface area (Å²) >= 11 is 1.34. The highest BCUT2D eigenvalue weighted by Crippen LogP contribution is 2.38. The van der Waals surface area contributed by atoms with Gasteiger partial charge in [0, 0.05) is 11.4 Å². The largest absolute Gasteiger partial charge is 0.495 e. The summed E-state index contributed by atoms with van der Waals surface area (Å²) in [5.41, 5.74) is 4.45. The van der Waals surface area contributed by atoms with Gasteiger partial charge in [-0.15, -0.1) is 5.10 Å². The number of allylic oxidation sites excluding steroid dienone is 1. The topological polar surface area (TPSA) is 81.1 Å². The molecule has 3 aromatic carbocycles. The van der Waals surface area contributed by atoms with Crippen LogP contribution in [0.3, 0.4) is 0 Å². The average Bonchev–Trinajstić information content (AvgIpc) is 3.34. The van der Waals surface area contributed by atoms with E-state index in [4.69, 9.17) is 9.84 Å². The van der Waals surface area contributed by atoms with Crippen LogP contribution in [0.5, 0.6) is 5.75 Å². The number of aryl methyl sites for hydroxylation is 1. The van der Waals surface area contributed by atoms with Crippen LogP contribution >= 0.6 is 11.8 Å². The van der Waals surface area contributed by atoms with E-state index >= 15 is 0 Å². The highest BCUT2D eigenvalue weighted by molar-refractivity contribution is 7.98. The van der Waals surface area contributed by atoms with E-state index in [1.807, 2.05) is 37.3 Å². The van der Waals surface area contributed by atoms with Gasteiger partial charge < -0.3 is 15.4 Å². The summed E-state index contributed by atoms with van der Waals surface area (Å²) in [4.78, 5) is 18.4. The Hall–Kier alpha value is -4.11. The number of fused-ring (bicyclic) bond motifs is 1. The Balaban J connectivity index is 1.50. The van der Waals surface area contributed by atoms with Crippen molar-refractivity contribution >= 4 is 29.3 Å². The van der Waals surface area contributed by atoms with Gasteiger partial charge in [0.05, 0.1) is 18.4 Å². The summed E-state index contributed by atoms with van der Waals surface area (Å²) in [5.74, 6) is 0.950. The molecule has 0 saturated carbocycles. The second-order valence-electron chi connectivity index (χ2n) is 8.86. The minimum Gasteiger partial charge on any atom is -0.495 e. The van der Waals surface area contributed by atoms with Gasteiger partial charge in [-0.1, -0.05) is 73.3 Å². The van der Waals surface area contributed by atoms with Gasteiger partial charge in [0.15, 0.2) is 0 Å². The van der Waals surface area contributed by atoms with Crippen molar-refractivity contribution in [3.8, 4) is 5.75 Å². The molecule has 0 saturated heterocycles. The number of nitrogens with zero attached hydrogens (tertiary/aromatic N) is 3. The van der Waals surface area contributed by atoms with Gasteiger partial charge >= 0.3 is 0 Å². The van der Waals surface area contributed by atoms with Crippen molar-refractivity contribution in [3.05, 3.63) is 107 Å². The van der Waals surface area contributed by atoms with Gasteiger partial charge in [-0.25, -0.2) is 9.07 Å². The highest BCUT2D eigenvalue weighted by atomic mass is 32.2. The molecule has 1 aliphatic rings. The molecule has 1 amide bonds. The van der Waals surface area contributed by atoms with Crippen molar-refractivity contribution in [2.45, 2.75) is 37.2 Å². The van der Waals surface area contributed by atoms with Gasteiger partial charge in [-0.3, -0.25) is 4.79 Å². The molecule has 2 N–H and O–H groups in total. The summed E-state index contributed by atoms with van der Waals surface area (Å²) in [6.45, 7) is 3.96. The molecule has 7 nitrogen and oxygen atoms in total. The number of hydrogen-bond donors (Lipinski definition) is 2. The molecule has 1 aliphatic heterocycles. The third-order valence-corrected chi connectivity index (χ3v) is 7.34. The summed E-state index contributed by atoms with van der Waals surface area (Å²) in [5, 5.41) is 11.5. The van der Waals surface area contributed by atoms with E-state index in [0.717, 1.165) is 12.0 Å². The number of nitrogens with one attached hydrogen (secondary N) is 2. The van der Waals surface area contributed by atoms with E-state index in [0.29, 0.717) is 45.1 Å². The van der Waals surface area contributed by atoms with Crippen LogP contribution in [0.1, 0.15) is 36.6 Å². The number of benzene rings is 3. The van der Waals surface area contributed by atoms with Crippen LogP contribution < -0.4 is 15.4 Å². The minimum absolute atomic E-state index is 0.260. The Morgan fingerprint density at radius 3 is 2.58 bits per heavy atom. The van der Waals surface area contributed by atoms with Gasteiger partial charge in [0.25, 0.3) is 5.91 Å². The molecule has 0 bridgehead atoms. The molecule has 4 aromatic rings. The Morgan fingerprint density at radius 1 is 1.11 bits per heavy atom. The number of methoxy groups -OCH3 is 1. The van der Waals surface area contributed by atoms with E-state index in [2.05, 4.69) is 34.7 Å². The standard InChI is InChI=1S/C29H28FN5O2S/c1-4-19-13-15-20(16-14-19)26-25(27(36)32-23-11-7-8-12-24(23)37-3)18(2)31-28-33-29(34-35(26)28)38-17-21-9-5-6-10-22(21)30/h5-16,26H,4,17H2,1-3H3,(H,32,36)(H,31,33,34). The number of rotatable bonds is 8. The third kappa shape index (κ3) is 5.15. The first-order valence-corrected chi connectivity index (χ1v) is 13.3. The summed E-state index contributed by atoms with van der Waals surface area (Å²) in [7, 11) is 1.57. The number of carbonyl (C=O) groups is 1. The second kappa shape index (κ2) is 11.1. The maximum absolute atomic E-state index is 14.2. The molecular formula is C29H28FN5O2S. The molecule has 0 radical (unpaired) electrons. The molecule has 0 aliphatic carbocycles. The molecule has 9 heteroatoms. The molecule has 0 spiro atoms. The minimum atomic E-state index is -0.512. The van der Waals surface area contributed by atoms with Gasteiger partial charge in [0.2, 0.25) is 11.1 Å². The first-order chi connectivity index (χ1) is 18.5. The predicted molar refractivity (Wildman–Crippen MR) is 148 cm³/mol. The lowest BCUT2D eigenvalue weighted by Gasteiger charge is -2.29. The summed E-state index contributed by atoms with van der Waals surface area (Å²) < 4.78 is 21.3. The van der Waals surface area contributed by atoms with Crippen molar-refractivity contribution in [3.63, 3.8) is 0 Å². The highest BCUT2D eigenvalue weighted by Gasteiger charge is 2.34. The third-order valence-electron chi connectivity index (χ3n) is 6.45. The number of anilines is 2. The van der Waals surface area contributed by atoms with Gasteiger partial charge in [0.1, 0.15) is 17.6 Å². The Labute approximate surface area is 225 Å². The zero-order valence-electron chi connectivity index (χ0n) is 21.4. The lowest BCUT2D eigenvalue weighted by atomic mass is 9.94. The van der Waals surface area contributed by atoms with E-state index in [1.165, 1.54) is 23.4 Å². The lowest BCUT2D eigenvalue weighted by Crippen LogP contribution is -2.31. The fraction of sp³-hybridized carbons (Fsp3) is 0.207. The maximum Gasteiger partial charge on any atom is 0.255 e. The number of halogens is 1. The van der Waals surface area contributed by atoms with Gasteiger partial charge in [-0.05, 0) is 48.2 Å². The number of thioether (sulfide) groups is 1. The zero-order chi connectivity index (χ0) is 26.6. The van der Waals surface area contributed by atoms with E-state index in [1.54, 1.807) is 36.1 Å². The van der Waals surface area contributed by atoms with Crippen molar-refractivity contribution in [2.24, 2.45) is 0 Å². The first-order valence-electron chi connectivity index (χ1n) is 12.3. The van der Waals surface area contributed by atoms with Crippen molar-refractivity contribution in [2.75, 3.05) is 17.7 Å². The van der Waals surface area contributed by atoms with E-state index < -0.39 is 6.04 Å². The number of para-hydroxylation sites is 2. The van der Waals surface area contributed by atoms with E-state index in [-0.39, 0.29) is 11.7 Å². The number of aromatic nitrogens is 3. The number of amides is 1.